The summed E-state index contributed by atoms with van der Waals surface area (Å²) in [6.07, 6.45) is 75.5. The van der Waals surface area contributed by atoms with Crippen LogP contribution in [-0.4, -0.2) is 37.2 Å². The summed E-state index contributed by atoms with van der Waals surface area (Å²) in [5.41, 5.74) is 0. The Morgan fingerprint density at radius 3 is 0.928 bits per heavy atom. The fourth-order valence-corrected chi connectivity index (χ4v) is 7.67. The van der Waals surface area contributed by atoms with E-state index in [1.807, 2.05) is 0 Å². The Balaban J connectivity index is 4.52. The Kier molecular flexibility index (Phi) is 53.9. The Bertz CT molecular complexity index is 1380. The topological polar surface area (TPSA) is 78.9 Å². The van der Waals surface area contributed by atoms with Gasteiger partial charge in [0.2, 0.25) is 0 Å². The summed E-state index contributed by atoms with van der Waals surface area (Å²) in [5.74, 6) is -1.01. The van der Waals surface area contributed by atoms with Crippen LogP contribution in [0, 0.1) is 0 Å². The van der Waals surface area contributed by atoms with E-state index >= 15 is 0 Å². The molecule has 0 aliphatic rings. The van der Waals surface area contributed by atoms with Crippen LogP contribution < -0.4 is 0 Å². The van der Waals surface area contributed by atoms with Gasteiger partial charge in [0, 0.05) is 19.3 Å². The third-order valence-corrected chi connectivity index (χ3v) is 12.0. The van der Waals surface area contributed by atoms with Gasteiger partial charge in [0.25, 0.3) is 0 Å². The van der Waals surface area contributed by atoms with Crippen molar-refractivity contribution in [1.29, 1.82) is 0 Å². The summed E-state index contributed by atoms with van der Waals surface area (Å²) in [5, 5.41) is 0. The lowest BCUT2D eigenvalue weighted by atomic mass is 10.1. The quantitative estimate of drug-likeness (QED) is 0.0262. The molecule has 0 fully saturated rings. The number of carbonyl (C=O) groups is 3. The summed E-state index contributed by atoms with van der Waals surface area (Å²) in [6, 6.07) is 0. The van der Waals surface area contributed by atoms with Crippen LogP contribution in [0.1, 0.15) is 265 Å². The summed E-state index contributed by atoms with van der Waals surface area (Å²) in [7, 11) is 0. The van der Waals surface area contributed by atoms with Gasteiger partial charge in [-0.1, -0.05) is 221 Å². The molecule has 0 heterocycles. The normalized spacial score (nSPS) is 12.8. The van der Waals surface area contributed by atoms with Crippen molar-refractivity contribution in [3.63, 3.8) is 0 Å². The van der Waals surface area contributed by atoms with Crippen LogP contribution in [0.4, 0.5) is 0 Å². The summed E-state index contributed by atoms with van der Waals surface area (Å²) < 4.78 is 16.8. The predicted molar refractivity (Wildman–Crippen MR) is 297 cm³/mol. The minimum absolute atomic E-state index is 0.114. The van der Waals surface area contributed by atoms with E-state index in [4.69, 9.17) is 14.2 Å². The fraction of sp³-hybridized carbons (Fsp3) is 0.698. The predicted octanol–water partition coefficient (Wildman–Crippen LogP) is 19.3. The first-order valence-electron chi connectivity index (χ1n) is 28.7. The lowest BCUT2D eigenvalue weighted by Crippen LogP contribution is -2.30. The van der Waals surface area contributed by atoms with Gasteiger partial charge < -0.3 is 14.2 Å². The largest absolute Gasteiger partial charge is 0.462 e. The Labute approximate surface area is 426 Å². The highest BCUT2D eigenvalue weighted by atomic mass is 16.6. The molecule has 6 heteroatoms. The highest BCUT2D eigenvalue weighted by Gasteiger charge is 2.19. The van der Waals surface area contributed by atoms with Gasteiger partial charge in [-0.3, -0.25) is 14.4 Å². The molecule has 0 saturated carbocycles. The van der Waals surface area contributed by atoms with Gasteiger partial charge >= 0.3 is 17.9 Å². The van der Waals surface area contributed by atoms with E-state index in [-0.39, 0.29) is 37.5 Å². The smallest absolute Gasteiger partial charge is 0.306 e. The van der Waals surface area contributed by atoms with Crippen LogP contribution in [0.2, 0.25) is 0 Å². The third-order valence-electron chi connectivity index (χ3n) is 12.0. The average Bonchev–Trinajstić information content (AvgIpc) is 3.35. The second-order valence-corrected chi connectivity index (χ2v) is 18.8. The van der Waals surface area contributed by atoms with Crippen molar-refractivity contribution < 1.29 is 28.6 Å². The molecule has 0 rings (SSSR count). The molecule has 0 saturated heterocycles. The van der Waals surface area contributed by atoms with Gasteiger partial charge in [-0.15, -0.1) is 0 Å². The third kappa shape index (κ3) is 55.1. The van der Waals surface area contributed by atoms with Crippen LogP contribution in [0.5, 0.6) is 0 Å². The molecule has 0 unspecified atom stereocenters. The van der Waals surface area contributed by atoms with Crippen LogP contribution in [0.25, 0.3) is 0 Å². The molecule has 6 nitrogen and oxygen atoms in total. The molecule has 69 heavy (non-hydrogen) atoms. The molecule has 0 N–H and O–H groups in total. The molecular weight excluding hydrogens is 853 g/mol. The number of esters is 3. The van der Waals surface area contributed by atoms with Crippen molar-refractivity contribution in [3.05, 3.63) is 97.2 Å². The van der Waals surface area contributed by atoms with Crippen LogP contribution in [-0.2, 0) is 28.6 Å². The molecule has 394 valence electrons. The lowest BCUT2D eigenvalue weighted by molar-refractivity contribution is -0.167. The Morgan fingerprint density at radius 1 is 0.290 bits per heavy atom. The standard InChI is InChI=1S/C63H106O6/c1-4-7-10-13-16-19-22-25-28-30-31-33-35-38-41-44-47-50-53-56-62(65)68-59-60(58-67-61(64)55-52-49-46-43-40-37-34-27-24-21-18-15-12-9-6-3)69-63(66)57-54-51-48-45-42-39-36-32-29-26-23-20-17-14-11-8-5-2/h17-18,20-21,26-27,29-31,34,36,39-40,43,45,48,60H,4-16,19,22-25,28,32-33,35,37-38,41-42,44,46-47,49-59H2,1-3H3/b20-17-,21-18-,29-26-,31-30-,34-27-,39-36-,43-40-,48-45-/t60-/m1/s1. The molecule has 0 aliphatic heterocycles. The van der Waals surface area contributed by atoms with Crippen LogP contribution >= 0.6 is 0 Å². The van der Waals surface area contributed by atoms with E-state index in [1.54, 1.807) is 0 Å². The van der Waals surface area contributed by atoms with E-state index in [9.17, 15) is 14.4 Å². The average molecular weight is 960 g/mol. The first-order valence-corrected chi connectivity index (χ1v) is 28.7. The van der Waals surface area contributed by atoms with E-state index in [0.29, 0.717) is 19.3 Å². The van der Waals surface area contributed by atoms with Crippen molar-refractivity contribution in [2.45, 2.75) is 271 Å². The maximum atomic E-state index is 12.8. The molecule has 0 radical (unpaired) electrons. The minimum Gasteiger partial charge on any atom is -0.462 e. The van der Waals surface area contributed by atoms with E-state index < -0.39 is 6.10 Å². The summed E-state index contributed by atoms with van der Waals surface area (Å²) in [6.45, 7) is 6.51. The second kappa shape index (κ2) is 56.9. The highest BCUT2D eigenvalue weighted by molar-refractivity contribution is 5.71. The number of hydrogen-bond acceptors (Lipinski definition) is 6. The molecule has 0 aromatic carbocycles. The number of rotatable bonds is 51. The summed E-state index contributed by atoms with van der Waals surface area (Å²) in [4.78, 5) is 38.1. The molecule has 0 aliphatic carbocycles. The van der Waals surface area contributed by atoms with Gasteiger partial charge in [-0.05, 0) is 122 Å². The monoisotopic (exact) mass is 959 g/mol. The zero-order chi connectivity index (χ0) is 50.0. The SMILES string of the molecule is CCCCC/C=C\C/C=C\C/C=C\C/C=C\CCCC(=O)O[C@H](COC(=O)CCCC/C=C\C/C=C\C/C=C\CCCCC)COC(=O)CCCCCCCCC/C=C\CCCCCCCCCC. The number of unbranched alkanes of at least 4 members (excludes halogenated alkanes) is 24. The zero-order valence-corrected chi connectivity index (χ0v) is 45.0. The number of carbonyl (C=O) groups excluding carboxylic acids is 3. The van der Waals surface area contributed by atoms with E-state index in [0.717, 1.165) is 77.0 Å². The van der Waals surface area contributed by atoms with E-state index in [1.165, 1.54) is 141 Å². The maximum absolute atomic E-state index is 12.8. The number of hydrogen-bond donors (Lipinski definition) is 0. The molecule has 0 spiro atoms. The molecule has 0 aromatic rings. The summed E-state index contributed by atoms with van der Waals surface area (Å²) >= 11 is 0. The van der Waals surface area contributed by atoms with Crippen molar-refractivity contribution in [2.75, 3.05) is 13.2 Å². The van der Waals surface area contributed by atoms with Crippen LogP contribution in [0.15, 0.2) is 97.2 Å². The van der Waals surface area contributed by atoms with Crippen molar-refractivity contribution in [1.82, 2.24) is 0 Å². The van der Waals surface area contributed by atoms with Gasteiger partial charge in [-0.25, -0.2) is 0 Å². The molecular formula is C63H106O6. The van der Waals surface area contributed by atoms with Gasteiger partial charge in [0.05, 0.1) is 0 Å². The van der Waals surface area contributed by atoms with Crippen LogP contribution in [0.3, 0.4) is 0 Å². The molecule has 1 atom stereocenters. The molecule has 0 aromatic heterocycles. The van der Waals surface area contributed by atoms with Gasteiger partial charge in [-0.2, -0.15) is 0 Å². The van der Waals surface area contributed by atoms with Crippen molar-refractivity contribution in [3.8, 4) is 0 Å². The lowest BCUT2D eigenvalue weighted by Gasteiger charge is -2.18. The highest BCUT2D eigenvalue weighted by Crippen LogP contribution is 2.14. The number of allylic oxidation sites excluding steroid dienone is 16. The number of ether oxygens (including phenoxy) is 3. The Morgan fingerprint density at radius 2 is 0.536 bits per heavy atom. The van der Waals surface area contributed by atoms with Gasteiger partial charge in [0.1, 0.15) is 13.2 Å². The minimum atomic E-state index is -0.825. The van der Waals surface area contributed by atoms with Gasteiger partial charge in [0.15, 0.2) is 6.10 Å². The fourth-order valence-electron chi connectivity index (χ4n) is 7.67. The maximum Gasteiger partial charge on any atom is 0.306 e. The second-order valence-electron chi connectivity index (χ2n) is 18.8. The first kappa shape index (κ1) is 65.3. The Hall–Kier alpha value is -3.67. The molecule has 0 amide bonds. The zero-order valence-electron chi connectivity index (χ0n) is 45.0. The molecule has 0 bridgehead atoms. The van der Waals surface area contributed by atoms with E-state index in [2.05, 4.69) is 118 Å². The van der Waals surface area contributed by atoms with Crippen molar-refractivity contribution in [2.24, 2.45) is 0 Å². The van der Waals surface area contributed by atoms with Crippen molar-refractivity contribution >= 4 is 17.9 Å². The first-order chi connectivity index (χ1) is 34.0.